The summed E-state index contributed by atoms with van der Waals surface area (Å²) < 4.78 is 14.8. The molecule has 19 heavy (non-hydrogen) atoms. The Bertz CT molecular complexity index is 604. The van der Waals surface area contributed by atoms with Crippen molar-refractivity contribution >= 4 is 11.7 Å². The van der Waals surface area contributed by atoms with Gasteiger partial charge < -0.3 is 5.32 Å². The van der Waals surface area contributed by atoms with Crippen LogP contribution in [0.15, 0.2) is 30.3 Å². The van der Waals surface area contributed by atoms with Crippen molar-refractivity contribution < 1.29 is 9.18 Å². The molecule has 1 aromatic carbocycles. The highest BCUT2D eigenvalue weighted by molar-refractivity contribution is 6.03. The number of carbonyl (C=O) groups excluding carboxylic acids is 1. The van der Waals surface area contributed by atoms with Gasteiger partial charge in [0.05, 0.1) is 5.69 Å². The van der Waals surface area contributed by atoms with E-state index in [2.05, 4.69) is 10.4 Å². The van der Waals surface area contributed by atoms with Crippen LogP contribution in [0.1, 0.15) is 35.9 Å². The van der Waals surface area contributed by atoms with Gasteiger partial charge in [-0.25, -0.2) is 9.07 Å². The van der Waals surface area contributed by atoms with Gasteiger partial charge in [-0.1, -0.05) is 6.07 Å². The van der Waals surface area contributed by atoms with Crippen molar-refractivity contribution in [3.8, 4) is 0 Å². The highest BCUT2D eigenvalue weighted by atomic mass is 19.1. The lowest BCUT2D eigenvalue weighted by Gasteiger charge is -2.11. The van der Waals surface area contributed by atoms with Crippen molar-refractivity contribution in [2.24, 2.45) is 0 Å². The van der Waals surface area contributed by atoms with Crippen LogP contribution in [0.5, 0.6) is 0 Å². The molecule has 1 heterocycles. The molecule has 1 amide bonds. The average Bonchev–Trinajstić information content (AvgIpc) is 2.70. The highest BCUT2D eigenvalue weighted by Gasteiger charge is 2.13. The number of amides is 1. The second-order valence-corrected chi connectivity index (χ2v) is 4.67. The number of aromatic nitrogens is 2. The maximum atomic E-state index is 13.1. The summed E-state index contributed by atoms with van der Waals surface area (Å²) in [5.74, 6) is -0.163. The Morgan fingerprint density at radius 3 is 2.74 bits per heavy atom. The lowest BCUT2D eigenvalue weighted by atomic mass is 10.2. The number of anilines is 1. The number of benzene rings is 1. The van der Waals surface area contributed by atoms with E-state index in [1.807, 2.05) is 20.8 Å². The van der Waals surface area contributed by atoms with Gasteiger partial charge in [0.15, 0.2) is 0 Å². The van der Waals surface area contributed by atoms with Crippen LogP contribution in [0.4, 0.5) is 10.2 Å². The fraction of sp³-hybridized carbons (Fsp3) is 0.286. The van der Waals surface area contributed by atoms with E-state index in [0.29, 0.717) is 5.82 Å². The number of hydrogen-bond acceptors (Lipinski definition) is 2. The molecule has 0 aliphatic rings. The van der Waals surface area contributed by atoms with Gasteiger partial charge in [0.2, 0.25) is 0 Å². The fourth-order valence-electron chi connectivity index (χ4n) is 1.82. The monoisotopic (exact) mass is 261 g/mol. The first-order valence-corrected chi connectivity index (χ1v) is 6.10. The lowest BCUT2D eigenvalue weighted by Crippen LogP contribution is -2.16. The van der Waals surface area contributed by atoms with Gasteiger partial charge in [-0.2, -0.15) is 5.10 Å². The molecule has 0 atom stereocenters. The minimum absolute atomic E-state index is 0.136. The molecule has 5 heteroatoms. The van der Waals surface area contributed by atoms with Crippen LogP contribution in [0.3, 0.4) is 0 Å². The summed E-state index contributed by atoms with van der Waals surface area (Å²) in [6.07, 6.45) is 0. The molecule has 1 aromatic heterocycles. The number of rotatable bonds is 3. The van der Waals surface area contributed by atoms with E-state index in [1.54, 1.807) is 16.8 Å². The van der Waals surface area contributed by atoms with Crippen LogP contribution < -0.4 is 5.32 Å². The lowest BCUT2D eigenvalue weighted by molar-refractivity contribution is 0.102. The molecule has 4 nitrogen and oxygen atoms in total. The molecule has 0 bridgehead atoms. The van der Waals surface area contributed by atoms with Gasteiger partial charge in [0, 0.05) is 17.7 Å². The van der Waals surface area contributed by atoms with E-state index in [9.17, 15) is 9.18 Å². The average molecular weight is 261 g/mol. The summed E-state index contributed by atoms with van der Waals surface area (Å²) in [5.41, 5.74) is 1.11. The molecule has 0 saturated carbocycles. The smallest absolute Gasteiger partial charge is 0.256 e. The van der Waals surface area contributed by atoms with E-state index in [-0.39, 0.29) is 17.5 Å². The molecule has 2 rings (SSSR count). The molecule has 0 spiro atoms. The standard InChI is InChI=1S/C14H16FN3O/c1-9(2)18-13(7-10(3)17-18)16-14(19)11-5-4-6-12(15)8-11/h4-9H,1-3H3,(H,16,19). The van der Waals surface area contributed by atoms with Gasteiger partial charge in [-0.05, 0) is 39.0 Å². The molecule has 0 saturated heterocycles. The normalized spacial score (nSPS) is 10.8. The molecule has 2 aromatic rings. The summed E-state index contributed by atoms with van der Waals surface area (Å²) in [6.45, 7) is 5.81. The van der Waals surface area contributed by atoms with Gasteiger partial charge in [0.25, 0.3) is 5.91 Å². The summed E-state index contributed by atoms with van der Waals surface area (Å²) in [5, 5.41) is 7.05. The number of aryl methyl sites for hydroxylation is 1. The number of carbonyl (C=O) groups is 1. The van der Waals surface area contributed by atoms with Gasteiger partial charge in [0.1, 0.15) is 11.6 Å². The Morgan fingerprint density at radius 2 is 2.11 bits per heavy atom. The third kappa shape index (κ3) is 2.99. The van der Waals surface area contributed by atoms with E-state index < -0.39 is 5.82 Å². The van der Waals surface area contributed by atoms with Crippen molar-refractivity contribution in [1.29, 1.82) is 0 Å². The SMILES string of the molecule is Cc1cc(NC(=O)c2cccc(F)c2)n(C(C)C)n1. The Hall–Kier alpha value is -2.17. The molecular weight excluding hydrogens is 245 g/mol. The summed E-state index contributed by atoms with van der Waals surface area (Å²) >= 11 is 0. The van der Waals surface area contributed by atoms with Crippen molar-refractivity contribution in [1.82, 2.24) is 9.78 Å². The summed E-state index contributed by atoms with van der Waals surface area (Å²) in [7, 11) is 0. The minimum atomic E-state index is -0.429. The highest BCUT2D eigenvalue weighted by Crippen LogP contribution is 2.17. The minimum Gasteiger partial charge on any atom is -0.307 e. The van der Waals surface area contributed by atoms with Gasteiger partial charge >= 0.3 is 0 Å². The molecule has 0 aliphatic carbocycles. The zero-order chi connectivity index (χ0) is 14.0. The maximum absolute atomic E-state index is 13.1. The second kappa shape index (κ2) is 5.22. The zero-order valence-corrected chi connectivity index (χ0v) is 11.1. The largest absolute Gasteiger partial charge is 0.307 e. The Kier molecular flexibility index (Phi) is 3.64. The van der Waals surface area contributed by atoms with Crippen LogP contribution >= 0.6 is 0 Å². The molecule has 0 aliphatic heterocycles. The van der Waals surface area contributed by atoms with E-state index in [0.717, 1.165) is 5.69 Å². The third-order valence-corrected chi connectivity index (χ3v) is 2.68. The van der Waals surface area contributed by atoms with Crippen molar-refractivity contribution in [3.63, 3.8) is 0 Å². The molecule has 100 valence electrons. The molecule has 1 N–H and O–H groups in total. The first-order valence-electron chi connectivity index (χ1n) is 6.10. The van der Waals surface area contributed by atoms with E-state index >= 15 is 0 Å². The maximum Gasteiger partial charge on any atom is 0.256 e. The van der Waals surface area contributed by atoms with Crippen LogP contribution in [-0.4, -0.2) is 15.7 Å². The second-order valence-electron chi connectivity index (χ2n) is 4.67. The first kappa shape index (κ1) is 13.3. The third-order valence-electron chi connectivity index (χ3n) is 2.68. The topological polar surface area (TPSA) is 46.9 Å². The molecule has 0 fully saturated rings. The molecule has 0 radical (unpaired) electrons. The first-order chi connectivity index (χ1) is 8.97. The van der Waals surface area contributed by atoms with Crippen LogP contribution in [0.25, 0.3) is 0 Å². The summed E-state index contributed by atoms with van der Waals surface area (Å²) in [6, 6.07) is 7.52. The van der Waals surface area contributed by atoms with Crippen molar-refractivity contribution in [2.75, 3.05) is 5.32 Å². The molecule has 0 unspecified atom stereocenters. The molecular formula is C14H16FN3O. The predicted molar refractivity (Wildman–Crippen MR) is 71.7 cm³/mol. The predicted octanol–water partition coefficient (Wildman–Crippen LogP) is 3.16. The van der Waals surface area contributed by atoms with E-state index in [4.69, 9.17) is 0 Å². The van der Waals surface area contributed by atoms with E-state index in [1.165, 1.54) is 18.2 Å². The van der Waals surface area contributed by atoms with Crippen molar-refractivity contribution in [2.45, 2.75) is 26.8 Å². The Balaban J connectivity index is 2.24. The quantitative estimate of drug-likeness (QED) is 0.922. The zero-order valence-electron chi connectivity index (χ0n) is 11.1. The Labute approximate surface area is 111 Å². The van der Waals surface area contributed by atoms with Crippen molar-refractivity contribution in [3.05, 3.63) is 47.4 Å². The van der Waals surface area contributed by atoms with Crippen LogP contribution in [0.2, 0.25) is 0 Å². The Morgan fingerprint density at radius 1 is 1.37 bits per heavy atom. The van der Waals surface area contributed by atoms with Gasteiger partial charge in [-0.15, -0.1) is 0 Å². The number of hydrogen-bond donors (Lipinski definition) is 1. The number of nitrogens with one attached hydrogen (secondary N) is 1. The number of nitrogens with zero attached hydrogens (tertiary/aromatic N) is 2. The fourth-order valence-corrected chi connectivity index (χ4v) is 1.82. The summed E-state index contributed by atoms with van der Waals surface area (Å²) in [4.78, 5) is 12.0. The number of halogens is 1. The van der Waals surface area contributed by atoms with Crippen LogP contribution in [0, 0.1) is 12.7 Å². The van der Waals surface area contributed by atoms with Crippen LogP contribution in [-0.2, 0) is 0 Å². The van der Waals surface area contributed by atoms with Gasteiger partial charge in [-0.3, -0.25) is 4.79 Å².